The maximum absolute atomic E-state index is 13.3. The van der Waals surface area contributed by atoms with Crippen LogP contribution in [0.5, 0.6) is 5.75 Å². The summed E-state index contributed by atoms with van der Waals surface area (Å²) >= 11 is 0. The number of hydrogen-bond donors (Lipinski definition) is 0. The quantitative estimate of drug-likeness (QED) is 0.341. The van der Waals surface area contributed by atoms with Gasteiger partial charge in [0.2, 0.25) is 0 Å². The van der Waals surface area contributed by atoms with Crippen LogP contribution in [0.2, 0.25) is 0 Å². The predicted octanol–water partition coefficient (Wildman–Crippen LogP) is 6.96. The number of fused-ring (bicyclic) bond motifs is 5. The molecule has 5 nitrogen and oxygen atoms in total. The number of benzene rings is 3. The number of halogens is 3. The Balaban J connectivity index is 1.10. The van der Waals surface area contributed by atoms with E-state index in [0.717, 1.165) is 36.1 Å². The largest absolute Gasteiger partial charge is 0.573 e. The van der Waals surface area contributed by atoms with Crippen LogP contribution in [0.25, 0.3) is 11.1 Å². The first-order valence-corrected chi connectivity index (χ1v) is 12.8. The van der Waals surface area contributed by atoms with Crippen LogP contribution < -0.4 is 4.74 Å². The van der Waals surface area contributed by atoms with E-state index < -0.39 is 6.36 Å². The van der Waals surface area contributed by atoms with Crippen LogP contribution in [0.15, 0.2) is 72.8 Å². The Hall–Kier alpha value is -3.81. The molecule has 0 saturated carbocycles. The standard InChI is InChI=1S/C30H26F3NO4/c31-30(32,33)38-22-13-9-18(10-14-22)28(35)19-15-20-11-12-21(16-19)34(20)29(36)37-17-27-25-7-3-1-5-23(25)24-6-2-4-8-26(24)27/h1-10,13-14,19-21,27H,11-12,15-17H2. The van der Waals surface area contributed by atoms with Crippen LogP contribution >= 0.6 is 0 Å². The van der Waals surface area contributed by atoms with E-state index in [1.165, 1.54) is 23.3 Å². The van der Waals surface area contributed by atoms with E-state index >= 15 is 0 Å². The highest BCUT2D eigenvalue weighted by molar-refractivity contribution is 5.98. The minimum absolute atomic E-state index is 0.0209. The Morgan fingerprint density at radius 3 is 1.92 bits per heavy atom. The fraction of sp³-hybridized carbons (Fsp3) is 0.333. The van der Waals surface area contributed by atoms with Crippen molar-refractivity contribution in [1.82, 2.24) is 4.90 Å². The zero-order valence-corrected chi connectivity index (χ0v) is 20.5. The molecule has 38 heavy (non-hydrogen) atoms. The molecule has 1 amide bonds. The second kappa shape index (κ2) is 9.49. The Morgan fingerprint density at radius 2 is 1.37 bits per heavy atom. The second-order valence-corrected chi connectivity index (χ2v) is 10.2. The fourth-order valence-corrected chi connectivity index (χ4v) is 6.41. The Bertz CT molecular complexity index is 1310. The highest BCUT2D eigenvalue weighted by atomic mass is 19.4. The van der Waals surface area contributed by atoms with Gasteiger partial charge in [0.1, 0.15) is 12.4 Å². The maximum Gasteiger partial charge on any atom is 0.573 e. The van der Waals surface area contributed by atoms with Gasteiger partial charge in [0.25, 0.3) is 0 Å². The Kier molecular flexibility index (Phi) is 6.13. The van der Waals surface area contributed by atoms with Gasteiger partial charge in [-0.3, -0.25) is 4.79 Å². The molecule has 0 aromatic heterocycles. The molecule has 0 N–H and O–H groups in total. The van der Waals surface area contributed by atoms with Crippen LogP contribution in [0.4, 0.5) is 18.0 Å². The topological polar surface area (TPSA) is 55.8 Å². The number of nitrogens with zero attached hydrogens (tertiary/aromatic N) is 1. The molecule has 2 bridgehead atoms. The molecule has 6 rings (SSSR count). The molecule has 3 aliphatic rings. The van der Waals surface area contributed by atoms with Gasteiger partial charge in [0.05, 0.1) is 0 Å². The van der Waals surface area contributed by atoms with Gasteiger partial charge in [-0.2, -0.15) is 0 Å². The summed E-state index contributed by atoms with van der Waals surface area (Å²) in [4.78, 5) is 28.2. The number of amides is 1. The van der Waals surface area contributed by atoms with E-state index in [0.29, 0.717) is 18.4 Å². The first-order chi connectivity index (χ1) is 18.3. The van der Waals surface area contributed by atoms with Crippen LogP contribution in [-0.2, 0) is 4.74 Å². The van der Waals surface area contributed by atoms with Crippen molar-refractivity contribution in [1.29, 1.82) is 0 Å². The van der Waals surface area contributed by atoms with Crippen molar-refractivity contribution in [2.75, 3.05) is 6.61 Å². The van der Waals surface area contributed by atoms with Crippen molar-refractivity contribution in [2.45, 2.75) is 50.0 Å². The lowest BCUT2D eigenvalue weighted by Crippen LogP contribution is -2.48. The molecule has 1 aliphatic carbocycles. The van der Waals surface area contributed by atoms with E-state index in [4.69, 9.17) is 4.74 Å². The highest BCUT2D eigenvalue weighted by Gasteiger charge is 2.46. The molecule has 196 valence electrons. The molecule has 2 aliphatic heterocycles. The number of rotatable bonds is 5. The van der Waals surface area contributed by atoms with E-state index in [1.807, 2.05) is 24.3 Å². The highest BCUT2D eigenvalue weighted by Crippen LogP contribution is 2.45. The maximum atomic E-state index is 13.3. The smallest absolute Gasteiger partial charge is 0.448 e. The monoisotopic (exact) mass is 521 g/mol. The van der Waals surface area contributed by atoms with Crippen LogP contribution in [0.3, 0.4) is 0 Å². The molecule has 2 heterocycles. The van der Waals surface area contributed by atoms with Crippen LogP contribution in [0.1, 0.15) is 53.1 Å². The molecule has 8 heteroatoms. The van der Waals surface area contributed by atoms with Crippen molar-refractivity contribution < 1.29 is 32.2 Å². The van der Waals surface area contributed by atoms with Crippen molar-refractivity contribution in [2.24, 2.45) is 5.92 Å². The number of piperidine rings is 1. The van der Waals surface area contributed by atoms with Gasteiger partial charge in [0, 0.05) is 29.5 Å². The normalized spacial score (nSPS) is 22.1. The summed E-state index contributed by atoms with van der Waals surface area (Å²) < 4.78 is 47.1. The molecular weight excluding hydrogens is 495 g/mol. The lowest BCUT2D eigenvalue weighted by atomic mass is 9.85. The number of hydrogen-bond acceptors (Lipinski definition) is 4. The van der Waals surface area contributed by atoms with E-state index in [9.17, 15) is 22.8 Å². The van der Waals surface area contributed by atoms with Gasteiger partial charge in [-0.15, -0.1) is 13.2 Å². The Labute approximate surface area is 218 Å². The van der Waals surface area contributed by atoms with Gasteiger partial charge >= 0.3 is 12.5 Å². The molecule has 0 spiro atoms. The van der Waals surface area contributed by atoms with Crippen LogP contribution in [0, 0.1) is 5.92 Å². The van der Waals surface area contributed by atoms with E-state index in [1.54, 1.807) is 4.90 Å². The van der Waals surface area contributed by atoms with Crippen molar-refractivity contribution in [3.8, 4) is 16.9 Å². The number of alkyl halides is 3. The van der Waals surface area contributed by atoms with E-state index in [2.05, 4.69) is 29.0 Å². The molecule has 0 radical (unpaired) electrons. The van der Waals surface area contributed by atoms with Crippen molar-refractivity contribution in [3.63, 3.8) is 0 Å². The average Bonchev–Trinajstić information content (AvgIpc) is 3.37. The van der Waals surface area contributed by atoms with Crippen molar-refractivity contribution >= 4 is 11.9 Å². The molecule has 3 aromatic carbocycles. The summed E-state index contributed by atoms with van der Waals surface area (Å²) in [6.07, 6.45) is -2.50. The average molecular weight is 522 g/mol. The molecule has 2 fully saturated rings. The number of carbonyl (C=O) groups is 2. The number of carbonyl (C=O) groups excluding carboxylic acids is 2. The minimum Gasteiger partial charge on any atom is -0.448 e. The first kappa shape index (κ1) is 24.5. The lowest BCUT2D eigenvalue weighted by Gasteiger charge is -2.37. The first-order valence-electron chi connectivity index (χ1n) is 12.8. The summed E-state index contributed by atoms with van der Waals surface area (Å²) in [5, 5.41) is 0. The van der Waals surface area contributed by atoms with Gasteiger partial charge in [-0.1, -0.05) is 48.5 Å². The molecule has 2 saturated heterocycles. The Morgan fingerprint density at radius 1 is 0.816 bits per heavy atom. The van der Waals surface area contributed by atoms with Gasteiger partial charge in [0.15, 0.2) is 5.78 Å². The molecular formula is C30H26F3NO4. The fourth-order valence-electron chi connectivity index (χ4n) is 6.41. The SMILES string of the molecule is O=C(c1ccc(OC(F)(F)F)cc1)C1CC2CCC(C1)N2C(=O)OCC1c2ccccc2-c2ccccc21. The minimum atomic E-state index is -4.78. The van der Waals surface area contributed by atoms with Gasteiger partial charge in [-0.05, 0) is 72.2 Å². The number of ether oxygens (including phenoxy) is 2. The third-order valence-electron chi connectivity index (χ3n) is 8.02. The summed E-state index contributed by atoms with van der Waals surface area (Å²) in [5.41, 5.74) is 4.99. The summed E-state index contributed by atoms with van der Waals surface area (Å²) in [7, 11) is 0. The summed E-state index contributed by atoms with van der Waals surface area (Å²) in [6, 6.07) is 21.2. The predicted molar refractivity (Wildman–Crippen MR) is 134 cm³/mol. The third-order valence-corrected chi connectivity index (χ3v) is 8.02. The van der Waals surface area contributed by atoms with E-state index in [-0.39, 0.29) is 48.2 Å². The molecule has 2 atom stereocenters. The van der Waals surface area contributed by atoms with Crippen LogP contribution in [-0.4, -0.2) is 41.8 Å². The van der Waals surface area contributed by atoms with Gasteiger partial charge < -0.3 is 14.4 Å². The molecule has 2 unspecified atom stereocenters. The zero-order valence-electron chi connectivity index (χ0n) is 20.5. The number of Topliss-reactive ketones (excluding diaryl/α,β-unsaturated/α-hetero) is 1. The molecule has 3 aromatic rings. The van der Waals surface area contributed by atoms with Gasteiger partial charge in [-0.25, -0.2) is 4.79 Å². The van der Waals surface area contributed by atoms with Crippen molar-refractivity contribution in [3.05, 3.63) is 89.5 Å². The summed E-state index contributed by atoms with van der Waals surface area (Å²) in [6.45, 7) is 0.248. The second-order valence-electron chi connectivity index (χ2n) is 10.2. The third kappa shape index (κ3) is 4.52. The lowest BCUT2D eigenvalue weighted by molar-refractivity contribution is -0.274. The summed E-state index contributed by atoms with van der Waals surface area (Å²) in [5.74, 6) is -0.793. The number of ketones is 1. The zero-order chi connectivity index (χ0) is 26.4.